The van der Waals surface area contributed by atoms with Crippen LogP contribution in [-0.4, -0.2) is 11.8 Å². The number of carbonyl (C=O) groups excluding carboxylic acids is 1. The Kier molecular flexibility index (Phi) is 5.50. The summed E-state index contributed by atoms with van der Waals surface area (Å²) in [7, 11) is 0. The van der Waals surface area contributed by atoms with Crippen molar-refractivity contribution in [2.75, 3.05) is 0 Å². The molecule has 0 aromatic carbocycles. The van der Waals surface area contributed by atoms with Crippen LogP contribution in [-0.2, 0) is 11.2 Å². The van der Waals surface area contributed by atoms with E-state index in [1.54, 1.807) is 11.3 Å². The summed E-state index contributed by atoms with van der Waals surface area (Å²) < 4.78 is 1.02. The summed E-state index contributed by atoms with van der Waals surface area (Å²) in [5, 5.41) is 1.98. The Balaban J connectivity index is 2.45. The number of nitrogens with two attached hydrogens (primary N) is 1. The summed E-state index contributed by atoms with van der Waals surface area (Å²) in [4.78, 5) is 12.8. The topological polar surface area (TPSA) is 43.1 Å². The number of unbranched alkanes of at least 4 members (excludes halogenated alkanes) is 1. The Morgan fingerprint density at radius 3 is 2.93 bits per heavy atom. The predicted octanol–water partition coefficient (Wildman–Crippen LogP) is 3.14. The van der Waals surface area contributed by atoms with Gasteiger partial charge in [0.05, 0.1) is 6.04 Å². The van der Waals surface area contributed by atoms with Crippen LogP contribution in [0.3, 0.4) is 0 Å². The third-order valence-electron chi connectivity index (χ3n) is 2.31. The van der Waals surface area contributed by atoms with E-state index in [4.69, 9.17) is 5.73 Å². The lowest BCUT2D eigenvalue weighted by atomic mass is 10.0. The van der Waals surface area contributed by atoms with Gasteiger partial charge in [0.2, 0.25) is 0 Å². The van der Waals surface area contributed by atoms with Gasteiger partial charge >= 0.3 is 0 Å². The van der Waals surface area contributed by atoms with Crippen molar-refractivity contribution < 1.29 is 4.79 Å². The molecule has 0 spiro atoms. The van der Waals surface area contributed by atoms with Gasteiger partial charge in [0, 0.05) is 15.8 Å². The quantitative estimate of drug-likeness (QED) is 0.874. The molecule has 2 N–H and O–H groups in total. The maximum absolute atomic E-state index is 11.7. The van der Waals surface area contributed by atoms with Gasteiger partial charge in [0.1, 0.15) is 0 Å². The molecule has 84 valence electrons. The van der Waals surface area contributed by atoms with E-state index in [2.05, 4.69) is 22.9 Å². The first kappa shape index (κ1) is 12.9. The summed E-state index contributed by atoms with van der Waals surface area (Å²) >= 11 is 5.01. The molecule has 1 aromatic rings. The van der Waals surface area contributed by atoms with E-state index in [1.165, 1.54) is 0 Å². The van der Waals surface area contributed by atoms with Gasteiger partial charge in [0.25, 0.3) is 0 Å². The van der Waals surface area contributed by atoms with Crippen LogP contribution < -0.4 is 5.73 Å². The fourth-order valence-corrected chi connectivity index (χ4v) is 2.83. The summed E-state index contributed by atoms with van der Waals surface area (Å²) in [6, 6.07) is 1.67. The van der Waals surface area contributed by atoms with Crippen molar-refractivity contribution in [3.05, 3.63) is 20.8 Å². The third kappa shape index (κ3) is 4.05. The highest BCUT2D eigenvalue weighted by Crippen LogP contribution is 2.23. The van der Waals surface area contributed by atoms with Gasteiger partial charge in [0.15, 0.2) is 5.78 Å². The van der Waals surface area contributed by atoms with Crippen LogP contribution in [0.4, 0.5) is 0 Å². The van der Waals surface area contributed by atoms with Crippen LogP contribution in [0.2, 0.25) is 0 Å². The monoisotopic (exact) mass is 289 g/mol. The van der Waals surface area contributed by atoms with Gasteiger partial charge in [-0.1, -0.05) is 19.8 Å². The van der Waals surface area contributed by atoms with Crippen molar-refractivity contribution in [2.45, 2.75) is 38.6 Å². The molecule has 2 nitrogen and oxygen atoms in total. The zero-order valence-electron chi connectivity index (χ0n) is 8.83. The highest BCUT2D eigenvalue weighted by molar-refractivity contribution is 9.10. The molecule has 0 aliphatic carbocycles. The Morgan fingerprint density at radius 1 is 1.67 bits per heavy atom. The van der Waals surface area contributed by atoms with E-state index < -0.39 is 0 Å². The van der Waals surface area contributed by atoms with E-state index in [-0.39, 0.29) is 11.8 Å². The second-order valence-corrected chi connectivity index (χ2v) is 5.44. The summed E-state index contributed by atoms with van der Waals surface area (Å²) in [5.74, 6) is 0.145. The molecule has 0 radical (unpaired) electrons. The Bertz CT molecular complexity index is 324. The lowest BCUT2D eigenvalue weighted by molar-refractivity contribution is -0.119. The zero-order chi connectivity index (χ0) is 11.3. The van der Waals surface area contributed by atoms with Crippen LogP contribution in [0.25, 0.3) is 0 Å². The minimum absolute atomic E-state index is 0.145. The molecule has 0 fully saturated rings. The molecular weight excluding hydrogens is 274 g/mol. The average molecular weight is 290 g/mol. The van der Waals surface area contributed by atoms with Crippen molar-refractivity contribution >= 4 is 33.0 Å². The van der Waals surface area contributed by atoms with Gasteiger partial charge in [-0.25, -0.2) is 0 Å². The van der Waals surface area contributed by atoms with Crippen molar-refractivity contribution in [2.24, 2.45) is 5.73 Å². The molecule has 0 aliphatic rings. The van der Waals surface area contributed by atoms with E-state index in [0.29, 0.717) is 6.42 Å². The fraction of sp³-hybridized carbons (Fsp3) is 0.545. The van der Waals surface area contributed by atoms with Crippen LogP contribution in [0.5, 0.6) is 0 Å². The number of thiophene rings is 1. The van der Waals surface area contributed by atoms with Crippen molar-refractivity contribution in [3.63, 3.8) is 0 Å². The molecule has 1 atom stereocenters. The predicted molar refractivity (Wildman–Crippen MR) is 68.2 cm³/mol. The average Bonchev–Trinajstić information content (AvgIpc) is 2.61. The fourth-order valence-electron chi connectivity index (χ4n) is 1.33. The smallest absolute Gasteiger partial charge is 0.154 e. The number of hydrogen-bond donors (Lipinski definition) is 1. The Morgan fingerprint density at radius 2 is 2.40 bits per heavy atom. The van der Waals surface area contributed by atoms with Crippen LogP contribution in [0, 0.1) is 0 Å². The van der Waals surface area contributed by atoms with Crippen molar-refractivity contribution in [3.8, 4) is 0 Å². The van der Waals surface area contributed by atoms with Crippen molar-refractivity contribution in [1.29, 1.82) is 0 Å². The van der Waals surface area contributed by atoms with Gasteiger partial charge in [-0.05, 0) is 33.8 Å². The second kappa shape index (κ2) is 6.40. The number of carbonyl (C=O) groups is 1. The lowest BCUT2D eigenvalue weighted by Crippen LogP contribution is -2.31. The number of Topliss-reactive ketones (excluding diaryl/α,β-unsaturated/α-hetero) is 1. The molecule has 1 aromatic heterocycles. The Hall–Kier alpha value is -0.190. The van der Waals surface area contributed by atoms with Gasteiger partial charge in [-0.2, -0.15) is 0 Å². The first-order valence-corrected chi connectivity index (χ1v) is 6.82. The maximum Gasteiger partial charge on any atom is 0.154 e. The Labute approximate surface area is 103 Å². The minimum atomic E-state index is -0.293. The van der Waals surface area contributed by atoms with Crippen LogP contribution >= 0.6 is 27.3 Å². The van der Waals surface area contributed by atoms with E-state index >= 15 is 0 Å². The maximum atomic E-state index is 11.7. The molecule has 1 unspecified atom stereocenters. The lowest BCUT2D eigenvalue weighted by Gasteiger charge is -2.08. The molecule has 4 heteroatoms. The summed E-state index contributed by atoms with van der Waals surface area (Å²) in [6.07, 6.45) is 3.38. The number of hydrogen-bond acceptors (Lipinski definition) is 3. The molecule has 1 heterocycles. The molecule has 0 saturated heterocycles. The van der Waals surface area contributed by atoms with Crippen LogP contribution in [0.1, 0.15) is 31.1 Å². The molecule has 0 amide bonds. The largest absolute Gasteiger partial charge is 0.321 e. The second-order valence-electron chi connectivity index (χ2n) is 3.58. The highest BCUT2D eigenvalue weighted by atomic mass is 79.9. The zero-order valence-corrected chi connectivity index (χ0v) is 11.2. The van der Waals surface area contributed by atoms with Gasteiger partial charge < -0.3 is 5.73 Å². The molecule has 1 rings (SSSR count). The van der Waals surface area contributed by atoms with Gasteiger partial charge in [-0.15, -0.1) is 11.3 Å². The van der Waals surface area contributed by atoms with Crippen molar-refractivity contribution in [1.82, 2.24) is 0 Å². The van der Waals surface area contributed by atoms with Gasteiger partial charge in [-0.3, -0.25) is 4.79 Å². The molecule has 15 heavy (non-hydrogen) atoms. The summed E-state index contributed by atoms with van der Waals surface area (Å²) in [6.45, 7) is 2.10. The molecule has 0 saturated carbocycles. The number of ketones is 1. The third-order valence-corrected chi connectivity index (χ3v) is 4.23. The number of rotatable bonds is 6. The first-order chi connectivity index (χ1) is 7.15. The summed E-state index contributed by atoms with van der Waals surface area (Å²) in [5.41, 5.74) is 5.81. The first-order valence-electron chi connectivity index (χ1n) is 5.15. The minimum Gasteiger partial charge on any atom is -0.321 e. The standard InChI is InChI=1S/C11H16BrNOS/c1-2-3-4-9(13)10(14)7-11-8(12)5-6-15-11/h5-6,9H,2-4,7,13H2,1H3. The SMILES string of the molecule is CCCCC(N)C(=O)Cc1sccc1Br. The normalized spacial score (nSPS) is 12.7. The van der Waals surface area contributed by atoms with E-state index in [0.717, 1.165) is 28.6 Å². The van der Waals surface area contributed by atoms with Crippen LogP contribution in [0.15, 0.2) is 15.9 Å². The molecule has 0 bridgehead atoms. The molecule has 0 aliphatic heterocycles. The highest BCUT2D eigenvalue weighted by Gasteiger charge is 2.15. The van der Waals surface area contributed by atoms with E-state index in [9.17, 15) is 4.79 Å². The van der Waals surface area contributed by atoms with E-state index in [1.807, 2.05) is 11.4 Å². The molecular formula is C11H16BrNOS. The number of halogens is 1.